The van der Waals surface area contributed by atoms with Gasteiger partial charge in [0.1, 0.15) is 6.04 Å². The van der Waals surface area contributed by atoms with Gasteiger partial charge in [0, 0.05) is 34.2 Å². The normalized spacial score (nSPS) is 21.0. The molecule has 106 valence electrons. The molecule has 3 heterocycles. The van der Waals surface area contributed by atoms with Gasteiger partial charge in [0.2, 0.25) is 5.91 Å². The topological polar surface area (TPSA) is 62.3 Å². The third-order valence-corrected chi connectivity index (χ3v) is 4.82. The molecule has 1 aromatic heterocycles. The van der Waals surface area contributed by atoms with Crippen molar-refractivity contribution < 1.29 is 9.59 Å². The first-order chi connectivity index (χ1) is 10.2. The number of rotatable bonds is 1. The molecule has 5 nitrogen and oxygen atoms in total. The van der Waals surface area contributed by atoms with E-state index in [-0.39, 0.29) is 11.8 Å². The third-order valence-electron chi connectivity index (χ3n) is 4.12. The summed E-state index contributed by atoms with van der Waals surface area (Å²) in [4.78, 5) is 30.6. The van der Waals surface area contributed by atoms with E-state index in [2.05, 4.69) is 26.2 Å². The lowest BCUT2D eigenvalue weighted by Crippen LogP contribution is -2.51. The molecule has 1 saturated heterocycles. The van der Waals surface area contributed by atoms with Gasteiger partial charge in [0.25, 0.3) is 5.91 Å². The molecule has 2 aliphatic rings. The second-order valence-corrected chi connectivity index (χ2v) is 6.15. The Hall–Kier alpha value is -1.95. The molecule has 0 saturated carbocycles. The van der Waals surface area contributed by atoms with Crippen molar-refractivity contribution in [2.75, 3.05) is 11.4 Å². The van der Waals surface area contributed by atoms with Gasteiger partial charge in [0.05, 0.1) is 11.3 Å². The summed E-state index contributed by atoms with van der Waals surface area (Å²) in [5.74, 6) is -0.213. The minimum Gasteiger partial charge on any atom is -0.354 e. The SMILES string of the molecule is O=C1NCCCC1N1C(=O)c2cncc3c(Br)ccc1c23. The van der Waals surface area contributed by atoms with Gasteiger partial charge in [-0.3, -0.25) is 19.5 Å². The molecule has 0 spiro atoms. The fraction of sp³-hybridized carbons (Fsp3) is 0.267. The molecule has 1 atom stereocenters. The lowest BCUT2D eigenvalue weighted by molar-refractivity contribution is -0.123. The number of hydrogen-bond donors (Lipinski definition) is 1. The number of halogens is 1. The van der Waals surface area contributed by atoms with Gasteiger partial charge in [-0.25, -0.2) is 0 Å². The van der Waals surface area contributed by atoms with Crippen LogP contribution in [0.25, 0.3) is 10.8 Å². The molecule has 2 aliphatic heterocycles. The highest BCUT2D eigenvalue weighted by molar-refractivity contribution is 9.10. The second kappa shape index (κ2) is 4.53. The fourth-order valence-electron chi connectivity index (χ4n) is 3.16. The molecule has 0 aliphatic carbocycles. The number of aromatic nitrogens is 1. The number of hydrogen-bond acceptors (Lipinski definition) is 3. The van der Waals surface area contributed by atoms with Crippen LogP contribution in [0.15, 0.2) is 29.0 Å². The van der Waals surface area contributed by atoms with E-state index < -0.39 is 6.04 Å². The molecular formula is C15H12BrN3O2. The van der Waals surface area contributed by atoms with Gasteiger partial charge < -0.3 is 5.32 Å². The maximum absolute atomic E-state index is 12.7. The number of anilines is 1. The highest BCUT2D eigenvalue weighted by Crippen LogP contribution is 2.41. The molecule has 1 unspecified atom stereocenters. The van der Waals surface area contributed by atoms with Crippen LogP contribution in [-0.2, 0) is 4.79 Å². The number of piperidine rings is 1. The fourth-order valence-corrected chi connectivity index (χ4v) is 3.59. The van der Waals surface area contributed by atoms with Crippen molar-refractivity contribution in [1.82, 2.24) is 10.3 Å². The molecular weight excluding hydrogens is 334 g/mol. The van der Waals surface area contributed by atoms with Crippen LogP contribution in [0.1, 0.15) is 23.2 Å². The summed E-state index contributed by atoms with van der Waals surface area (Å²) >= 11 is 3.49. The lowest BCUT2D eigenvalue weighted by atomic mass is 10.0. The first-order valence-electron chi connectivity index (χ1n) is 6.86. The van der Waals surface area contributed by atoms with E-state index in [1.54, 1.807) is 17.3 Å². The number of amides is 2. The van der Waals surface area contributed by atoms with Gasteiger partial charge in [-0.2, -0.15) is 0 Å². The van der Waals surface area contributed by atoms with E-state index in [0.717, 1.165) is 27.4 Å². The van der Waals surface area contributed by atoms with Crippen LogP contribution in [0.5, 0.6) is 0 Å². The molecule has 0 radical (unpaired) electrons. The zero-order valence-corrected chi connectivity index (χ0v) is 12.7. The molecule has 0 bridgehead atoms. The standard InChI is InChI=1S/C15H12BrN3O2/c16-10-3-4-11-13-8(10)6-17-7-9(13)15(21)19(11)12-2-1-5-18-14(12)20/h3-4,6-7,12H,1-2,5H2,(H,18,20). The van der Waals surface area contributed by atoms with Crippen LogP contribution >= 0.6 is 15.9 Å². The Balaban J connectivity index is 1.93. The highest BCUT2D eigenvalue weighted by Gasteiger charge is 2.39. The van der Waals surface area contributed by atoms with Crippen LogP contribution in [0.3, 0.4) is 0 Å². The third kappa shape index (κ3) is 1.72. The van der Waals surface area contributed by atoms with Crippen molar-refractivity contribution in [3.63, 3.8) is 0 Å². The van der Waals surface area contributed by atoms with Crippen LogP contribution in [0.4, 0.5) is 5.69 Å². The molecule has 2 amide bonds. The van der Waals surface area contributed by atoms with Gasteiger partial charge in [-0.15, -0.1) is 0 Å². The van der Waals surface area contributed by atoms with E-state index in [1.165, 1.54) is 0 Å². The van der Waals surface area contributed by atoms with Crippen molar-refractivity contribution in [3.05, 3.63) is 34.6 Å². The summed E-state index contributed by atoms with van der Waals surface area (Å²) in [6, 6.07) is 3.36. The molecule has 1 fully saturated rings. The van der Waals surface area contributed by atoms with Crippen molar-refractivity contribution in [2.45, 2.75) is 18.9 Å². The van der Waals surface area contributed by atoms with Gasteiger partial charge in [0.15, 0.2) is 0 Å². The highest BCUT2D eigenvalue weighted by atomic mass is 79.9. The van der Waals surface area contributed by atoms with Crippen molar-refractivity contribution in [2.24, 2.45) is 0 Å². The lowest BCUT2D eigenvalue weighted by Gasteiger charge is -2.30. The molecule has 1 aromatic carbocycles. The molecule has 21 heavy (non-hydrogen) atoms. The summed E-state index contributed by atoms with van der Waals surface area (Å²) in [7, 11) is 0. The summed E-state index contributed by atoms with van der Waals surface area (Å²) in [6.45, 7) is 0.682. The summed E-state index contributed by atoms with van der Waals surface area (Å²) in [6.07, 6.45) is 4.90. The monoisotopic (exact) mass is 345 g/mol. The first kappa shape index (κ1) is 12.8. The largest absolute Gasteiger partial charge is 0.354 e. The average Bonchev–Trinajstić information content (AvgIpc) is 2.78. The summed E-state index contributed by atoms with van der Waals surface area (Å²) in [5.41, 5.74) is 1.37. The Labute approximate surface area is 129 Å². The average molecular weight is 346 g/mol. The Morgan fingerprint density at radius 2 is 2.14 bits per heavy atom. The van der Waals surface area contributed by atoms with E-state index in [9.17, 15) is 9.59 Å². The van der Waals surface area contributed by atoms with Crippen molar-refractivity contribution in [3.8, 4) is 0 Å². The molecule has 4 rings (SSSR count). The number of nitrogens with zero attached hydrogens (tertiary/aromatic N) is 2. The smallest absolute Gasteiger partial charge is 0.261 e. The van der Waals surface area contributed by atoms with Crippen LogP contribution < -0.4 is 10.2 Å². The predicted octanol–water partition coefficient (Wildman–Crippen LogP) is 2.24. The first-order valence-corrected chi connectivity index (χ1v) is 7.65. The zero-order chi connectivity index (χ0) is 14.6. The number of carbonyl (C=O) groups is 2. The second-order valence-electron chi connectivity index (χ2n) is 5.30. The maximum Gasteiger partial charge on any atom is 0.261 e. The Morgan fingerprint density at radius 1 is 1.29 bits per heavy atom. The summed E-state index contributed by atoms with van der Waals surface area (Å²) in [5, 5.41) is 4.62. The number of carbonyl (C=O) groups excluding carboxylic acids is 2. The number of nitrogens with one attached hydrogen (secondary N) is 1. The molecule has 1 N–H and O–H groups in total. The Kier molecular flexibility index (Phi) is 2.75. The minimum absolute atomic E-state index is 0.0774. The van der Waals surface area contributed by atoms with E-state index in [0.29, 0.717) is 18.5 Å². The quantitative estimate of drug-likeness (QED) is 0.862. The van der Waals surface area contributed by atoms with Crippen LogP contribution in [0, 0.1) is 0 Å². The van der Waals surface area contributed by atoms with Gasteiger partial charge in [-0.1, -0.05) is 15.9 Å². The minimum atomic E-state index is -0.428. The van der Waals surface area contributed by atoms with Gasteiger partial charge >= 0.3 is 0 Å². The summed E-state index contributed by atoms with van der Waals surface area (Å²) < 4.78 is 0.901. The predicted molar refractivity (Wildman–Crippen MR) is 82.3 cm³/mol. The van der Waals surface area contributed by atoms with E-state index in [1.807, 2.05) is 12.1 Å². The molecule has 6 heteroatoms. The van der Waals surface area contributed by atoms with Crippen LogP contribution in [0.2, 0.25) is 0 Å². The molecule has 2 aromatic rings. The van der Waals surface area contributed by atoms with E-state index in [4.69, 9.17) is 0 Å². The van der Waals surface area contributed by atoms with Crippen molar-refractivity contribution >= 4 is 44.2 Å². The number of benzene rings is 1. The van der Waals surface area contributed by atoms with Crippen molar-refractivity contribution in [1.29, 1.82) is 0 Å². The zero-order valence-electron chi connectivity index (χ0n) is 11.1. The van der Waals surface area contributed by atoms with Crippen LogP contribution in [-0.4, -0.2) is 29.4 Å². The van der Waals surface area contributed by atoms with Gasteiger partial charge in [-0.05, 0) is 25.0 Å². The Bertz CT molecular complexity index is 790. The van der Waals surface area contributed by atoms with E-state index >= 15 is 0 Å². The maximum atomic E-state index is 12.7. The number of pyridine rings is 1. The Morgan fingerprint density at radius 3 is 2.95 bits per heavy atom.